The zero-order chi connectivity index (χ0) is 17.7. The van der Waals surface area contributed by atoms with Crippen LogP contribution in [-0.2, 0) is 0 Å². The molecule has 0 atom stereocenters. The lowest BCUT2D eigenvalue weighted by molar-refractivity contribution is 0.174. The Morgan fingerprint density at radius 1 is 1.15 bits per heavy atom. The van der Waals surface area contributed by atoms with Crippen LogP contribution in [0.25, 0.3) is 22.7 Å². The van der Waals surface area contributed by atoms with Gasteiger partial charge in [-0.1, -0.05) is 0 Å². The average molecular weight is 350 g/mol. The lowest BCUT2D eigenvalue weighted by Gasteiger charge is -2.07. The Balaban J connectivity index is 1.71. The minimum absolute atomic E-state index is 0.104. The Hall–Kier alpha value is -3.95. The van der Waals surface area contributed by atoms with Gasteiger partial charge in [-0.25, -0.2) is 19.3 Å². The fourth-order valence-corrected chi connectivity index (χ4v) is 2.75. The standard InChI is InChI=1S/C16H10N6O4/c23-14-10-6-18-15(21-4-3-17-7-21)19-13(10)20-16(24)22(14)9-1-2-11-12(5-9)26-8-25-11/h1-7H,8H2,(H,18,19,20,24). The number of H-pyrrole nitrogens is 1. The van der Waals surface area contributed by atoms with Crippen molar-refractivity contribution in [3.63, 3.8) is 0 Å². The monoisotopic (exact) mass is 350 g/mol. The zero-order valence-electron chi connectivity index (χ0n) is 13.1. The van der Waals surface area contributed by atoms with Crippen LogP contribution in [0, 0.1) is 0 Å². The number of imidazole rings is 1. The van der Waals surface area contributed by atoms with E-state index >= 15 is 0 Å². The largest absolute Gasteiger partial charge is 0.454 e. The molecule has 0 amide bonds. The Morgan fingerprint density at radius 3 is 2.88 bits per heavy atom. The summed E-state index contributed by atoms with van der Waals surface area (Å²) >= 11 is 0. The molecule has 1 N–H and O–H groups in total. The Labute approximate surface area is 144 Å². The van der Waals surface area contributed by atoms with E-state index in [-0.39, 0.29) is 17.8 Å². The second-order valence-corrected chi connectivity index (χ2v) is 5.51. The molecular formula is C16H10N6O4. The number of nitrogens with zero attached hydrogens (tertiary/aromatic N) is 5. The second kappa shape index (κ2) is 5.28. The first-order valence-electron chi connectivity index (χ1n) is 7.61. The van der Waals surface area contributed by atoms with E-state index in [1.807, 2.05) is 0 Å². The molecule has 0 saturated heterocycles. The quantitative estimate of drug-likeness (QED) is 0.555. The van der Waals surface area contributed by atoms with E-state index in [2.05, 4.69) is 19.9 Å². The van der Waals surface area contributed by atoms with Crippen molar-refractivity contribution < 1.29 is 9.47 Å². The maximum atomic E-state index is 12.8. The van der Waals surface area contributed by atoms with E-state index in [4.69, 9.17) is 9.47 Å². The van der Waals surface area contributed by atoms with Crippen molar-refractivity contribution in [3.8, 4) is 23.1 Å². The Morgan fingerprint density at radius 2 is 2.04 bits per heavy atom. The molecule has 0 spiro atoms. The van der Waals surface area contributed by atoms with Crippen LogP contribution in [0.15, 0.2) is 52.7 Å². The second-order valence-electron chi connectivity index (χ2n) is 5.51. The van der Waals surface area contributed by atoms with Gasteiger partial charge in [0.15, 0.2) is 17.1 Å². The van der Waals surface area contributed by atoms with Gasteiger partial charge >= 0.3 is 5.69 Å². The first-order chi connectivity index (χ1) is 12.7. The third-order valence-corrected chi connectivity index (χ3v) is 3.99. The van der Waals surface area contributed by atoms with Crippen LogP contribution in [0.2, 0.25) is 0 Å². The number of hydrogen-bond acceptors (Lipinski definition) is 7. The maximum Gasteiger partial charge on any atom is 0.334 e. The summed E-state index contributed by atoms with van der Waals surface area (Å²) < 4.78 is 13.1. The van der Waals surface area contributed by atoms with Gasteiger partial charge in [0.1, 0.15) is 11.7 Å². The van der Waals surface area contributed by atoms with Crippen molar-refractivity contribution in [2.24, 2.45) is 0 Å². The Bertz CT molecular complexity index is 1260. The molecule has 5 rings (SSSR count). The van der Waals surface area contributed by atoms with Gasteiger partial charge in [0.25, 0.3) is 5.56 Å². The number of aromatic amines is 1. The summed E-state index contributed by atoms with van der Waals surface area (Å²) in [6.07, 6.45) is 6.13. The highest BCUT2D eigenvalue weighted by atomic mass is 16.7. The molecule has 0 aliphatic carbocycles. The number of ether oxygens (including phenoxy) is 2. The summed E-state index contributed by atoms with van der Waals surface area (Å²) in [6.45, 7) is 0.104. The molecule has 0 bridgehead atoms. The molecule has 4 aromatic rings. The van der Waals surface area contributed by atoms with Gasteiger partial charge in [-0.05, 0) is 12.1 Å². The van der Waals surface area contributed by atoms with Crippen LogP contribution in [-0.4, -0.2) is 35.9 Å². The summed E-state index contributed by atoms with van der Waals surface area (Å²) in [6, 6.07) is 4.83. The molecule has 4 heterocycles. The molecular weight excluding hydrogens is 340 g/mol. The lowest BCUT2D eigenvalue weighted by atomic mass is 10.2. The fraction of sp³-hybridized carbons (Fsp3) is 0.0625. The number of aromatic nitrogens is 6. The van der Waals surface area contributed by atoms with Gasteiger partial charge in [-0.3, -0.25) is 14.3 Å². The van der Waals surface area contributed by atoms with Crippen LogP contribution in [0.1, 0.15) is 0 Å². The molecule has 0 saturated carbocycles. The molecule has 10 heteroatoms. The summed E-state index contributed by atoms with van der Waals surface area (Å²) in [4.78, 5) is 40.3. The molecule has 1 aromatic carbocycles. The van der Waals surface area contributed by atoms with E-state index in [1.165, 1.54) is 12.5 Å². The van der Waals surface area contributed by atoms with Crippen LogP contribution in [0.4, 0.5) is 0 Å². The number of nitrogens with one attached hydrogen (secondary N) is 1. The van der Waals surface area contributed by atoms with Crippen molar-refractivity contribution in [1.29, 1.82) is 0 Å². The zero-order valence-corrected chi connectivity index (χ0v) is 13.1. The lowest BCUT2D eigenvalue weighted by Crippen LogP contribution is -2.34. The first-order valence-corrected chi connectivity index (χ1v) is 7.61. The Kier molecular flexibility index (Phi) is 2.92. The fourth-order valence-electron chi connectivity index (χ4n) is 2.75. The maximum absolute atomic E-state index is 12.8. The molecule has 0 fully saturated rings. The highest BCUT2D eigenvalue weighted by Gasteiger charge is 2.17. The third-order valence-electron chi connectivity index (χ3n) is 3.99. The predicted octanol–water partition coefficient (Wildman–Crippen LogP) is 0.383. The minimum Gasteiger partial charge on any atom is -0.454 e. The van der Waals surface area contributed by atoms with Crippen LogP contribution in [0.5, 0.6) is 11.5 Å². The number of benzene rings is 1. The minimum atomic E-state index is -0.614. The van der Waals surface area contributed by atoms with Crippen LogP contribution in [0.3, 0.4) is 0 Å². The molecule has 10 nitrogen and oxygen atoms in total. The third kappa shape index (κ3) is 2.09. The van der Waals surface area contributed by atoms with Crippen molar-refractivity contribution in [2.75, 3.05) is 6.79 Å². The van der Waals surface area contributed by atoms with E-state index in [0.717, 1.165) is 4.57 Å². The SMILES string of the molecule is O=c1[nH]c2nc(-n3ccnc3)ncc2c(=O)n1-c1ccc2c(c1)OCO2. The summed E-state index contributed by atoms with van der Waals surface area (Å²) in [7, 11) is 0. The molecule has 3 aromatic heterocycles. The topological polar surface area (TPSA) is 117 Å². The van der Waals surface area contributed by atoms with E-state index < -0.39 is 11.2 Å². The predicted molar refractivity (Wildman–Crippen MR) is 89.0 cm³/mol. The summed E-state index contributed by atoms with van der Waals surface area (Å²) in [5.74, 6) is 1.33. The molecule has 0 unspecified atom stereocenters. The molecule has 1 aliphatic rings. The molecule has 1 aliphatic heterocycles. The van der Waals surface area contributed by atoms with Crippen molar-refractivity contribution in [2.45, 2.75) is 0 Å². The molecule has 26 heavy (non-hydrogen) atoms. The van der Waals surface area contributed by atoms with Crippen LogP contribution < -0.4 is 20.7 Å². The highest BCUT2D eigenvalue weighted by molar-refractivity contribution is 5.73. The van der Waals surface area contributed by atoms with Gasteiger partial charge in [0, 0.05) is 24.7 Å². The van der Waals surface area contributed by atoms with E-state index in [1.54, 1.807) is 35.2 Å². The normalized spacial score (nSPS) is 12.6. The van der Waals surface area contributed by atoms with Gasteiger partial charge in [0.2, 0.25) is 12.7 Å². The summed E-state index contributed by atoms with van der Waals surface area (Å²) in [5.41, 5.74) is -0.631. The van der Waals surface area contributed by atoms with Gasteiger partial charge in [0.05, 0.1) is 5.69 Å². The summed E-state index contributed by atoms with van der Waals surface area (Å²) in [5, 5.41) is 0.186. The van der Waals surface area contributed by atoms with Gasteiger partial charge in [-0.2, -0.15) is 4.98 Å². The van der Waals surface area contributed by atoms with Crippen molar-refractivity contribution in [1.82, 2.24) is 29.1 Å². The van der Waals surface area contributed by atoms with Crippen molar-refractivity contribution in [3.05, 3.63) is 64.0 Å². The number of rotatable bonds is 2. The number of fused-ring (bicyclic) bond motifs is 2. The first kappa shape index (κ1) is 14.4. The highest BCUT2D eigenvalue weighted by Crippen LogP contribution is 2.33. The smallest absolute Gasteiger partial charge is 0.334 e. The number of hydrogen-bond donors (Lipinski definition) is 1. The molecule has 128 valence electrons. The van der Waals surface area contributed by atoms with Crippen molar-refractivity contribution >= 4 is 11.0 Å². The van der Waals surface area contributed by atoms with Crippen LogP contribution >= 0.6 is 0 Å². The van der Waals surface area contributed by atoms with Gasteiger partial charge < -0.3 is 9.47 Å². The average Bonchev–Trinajstić information content (AvgIpc) is 3.32. The van der Waals surface area contributed by atoms with Gasteiger partial charge in [-0.15, -0.1) is 0 Å². The molecule has 0 radical (unpaired) electrons. The van der Waals surface area contributed by atoms with E-state index in [0.29, 0.717) is 23.1 Å². The van der Waals surface area contributed by atoms with E-state index in [9.17, 15) is 9.59 Å².